The summed E-state index contributed by atoms with van der Waals surface area (Å²) in [4.78, 5) is 10.1. The van der Waals surface area contributed by atoms with Crippen molar-refractivity contribution in [1.82, 2.24) is 5.32 Å². The third-order valence-electron chi connectivity index (χ3n) is 0.968. The highest BCUT2D eigenvalue weighted by atomic mass is 28.4. The lowest BCUT2D eigenvalue weighted by Gasteiger charge is -2.32. The van der Waals surface area contributed by atoms with Crippen molar-refractivity contribution in [3.05, 3.63) is 0 Å². The molecule has 0 saturated heterocycles. The molecule has 3 nitrogen and oxygen atoms in total. The third-order valence-corrected chi connectivity index (χ3v) is 2.09. The molecule has 0 atom stereocenters. The summed E-state index contributed by atoms with van der Waals surface area (Å²) in [5.74, 6) is 0. The van der Waals surface area contributed by atoms with E-state index in [1.807, 2.05) is 13.8 Å². The van der Waals surface area contributed by atoms with Gasteiger partial charge in [-0.15, -0.1) is 0 Å². The minimum atomic E-state index is -1.55. The van der Waals surface area contributed by atoms with Crippen molar-refractivity contribution in [1.29, 1.82) is 0 Å². The van der Waals surface area contributed by atoms with E-state index in [4.69, 9.17) is 4.43 Å². The van der Waals surface area contributed by atoms with E-state index in [9.17, 15) is 4.79 Å². The average molecular weight is 175 g/mol. The van der Waals surface area contributed by atoms with Gasteiger partial charge in [0.05, 0.1) is 0 Å². The van der Waals surface area contributed by atoms with Gasteiger partial charge in [-0.05, 0) is 33.5 Å². The Morgan fingerprint density at radius 1 is 1.36 bits per heavy atom. The fourth-order valence-corrected chi connectivity index (χ4v) is 2.53. The van der Waals surface area contributed by atoms with Crippen LogP contribution in [-0.4, -0.2) is 20.5 Å². The monoisotopic (exact) mass is 175 g/mol. The van der Waals surface area contributed by atoms with E-state index in [1.165, 1.54) is 0 Å². The van der Waals surface area contributed by atoms with Crippen molar-refractivity contribution in [2.75, 3.05) is 0 Å². The molecule has 0 aromatic heterocycles. The number of amides is 1. The second-order valence-corrected chi connectivity index (χ2v) is 8.42. The highest BCUT2D eigenvalue weighted by Crippen LogP contribution is 2.13. The van der Waals surface area contributed by atoms with Crippen LogP contribution in [0.2, 0.25) is 19.6 Å². The lowest BCUT2D eigenvalue weighted by molar-refractivity contribution is -0.114. The quantitative estimate of drug-likeness (QED) is 0.397. The van der Waals surface area contributed by atoms with Crippen LogP contribution in [0.5, 0.6) is 0 Å². The van der Waals surface area contributed by atoms with Crippen LogP contribution in [0.4, 0.5) is 0 Å². The van der Waals surface area contributed by atoms with E-state index in [0.717, 1.165) is 0 Å². The molecule has 0 aliphatic carbocycles. The highest BCUT2D eigenvalue weighted by Gasteiger charge is 2.26. The van der Waals surface area contributed by atoms with Crippen LogP contribution >= 0.6 is 0 Å². The molecule has 4 heteroatoms. The molecule has 0 aromatic rings. The zero-order chi connectivity index (χ0) is 9.12. The van der Waals surface area contributed by atoms with Crippen molar-refractivity contribution >= 4 is 14.7 Å². The SMILES string of the molecule is CC(C)(NC=O)O[Si](C)(C)C. The molecular formula is C7H17NO2Si. The van der Waals surface area contributed by atoms with Gasteiger partial charge >= 0.3 is 0 Å². The zero-order valence-electron chi connectivity index (χ0n) is 7.89. The molecule has 1 N–H and O–H groups in total. The maximum Gasteiger partial charge on any atom is 0.209 e. The molecule has 0 spiro atoms. The molecule has 0 unspecified atom stereocenters. The summed E-state index contributed by atoms with van der Waals surface area (Å²) >= 11 is 0. The second-order valence-electron chi connectivity index (χ2n) is 3.99. The van der Waals surface area contributed by atoms with E-state index >= 15 is 0 Å². The van der Waals surface area contributed by atoms with Gasteiger partial charge in [0.25, 0.3) is 0 Å². The van der Waals surface area contributed by atoms with Gasteiger partial charge in [-0.1, -0.05) is 0 Å². The van der Waals surface area contributed by atoms with Gasteiger partial charge in [0.15, 0.2) is 8.32 Å². The summed E-state index contributed by atoms with van der Waals surface area (Å²) in [6.45, 7) is 9.95. The average Bonchev–Trinajstić information content (AvgIpc) is 1.55. The molecule has 0 bridgehead atoms. The van der Waals surface area contributed by atoms with E-state index < -0.39 is 14.0 Å². The largest absolute Gasteiger partial charge is 0.396 e. The van der Waals surface area contributed by atoms with Gasteiger partial charge in [-0.2, -0.15) is 0 Å². The van der Waals surface area contributed by atoms with Gasteiger partial charge in [0.2, 0.25) is 6.41 Å². The van der Waals surface area contributed by atoms with Crippen LogP contribution in [-0.2, 0) is 9.22 Å². The lowest BCUT2D eigenvalue weighted by Crippen LogP contribution is -2.48. The molecule has 0 aromatic carbocycles. The molecule has 0 heterocycles. The van der Waals surface area contributed by atoms with Gasteiger partial charge in [-0.25, -0.2) is 0 Å². The first-order chi connectivity index (χ1) is 4.77. The molecule has 0 saturated carbocycles. The summed E-state index contributed by atoms with van der Waals surface area (Å²) in [6.07, 6.45) is 0.667. The molecule has 0 fully saturated rings. The second kappa shape index (κ2) is 3.36. The number of nitrogens with one attached hydrogen (secondary N) is 1. The van der Waals surface area contributed by atoms with Crippen molar-refractivity contribution < 1.29 is 9.22 Å². The van der Waals surface area contributed by atoms with Crippen molar-refractivity contribution in [2.45, 2.75) is 39.2 Å². The normalized spacial score (nSPS) is 12.8. The van der Waals surface area contributed by atoms with E-state index in [-0.39, 0.29) is 0 Å². The van der Waals surface area contributed by atoms with Crippen LogP contribution in [0, 0.1) is 0 Å². The van der Waals surface area contributed by atoms with Gasteiger partial charge in [-0.3, -0.25) is 4.79 Å². The van der Waals surface area contributed by atoms with Crippen LogP contribution in [0.3, 0.4) is 0 Å². The molecule has 11 heavy (non-hydrogen) atoms. The molecule has 0 aliphatic rings. The minimum Gasteiger partial charge on any atom is -0.396 e. The Balaban J connectivity index is 4.00. The Bertz CT molecular complexity index is 140. The van der Waals surface area contributed by atoms with E-state index in [0.29, 0.717) is 6.41 Å². The zero-order valence-corrected chi connectivity index (χ0v) is 8.89. The first-order valence-corrected chi connectivity index (χ1v) is 7.09. The van der Waals surface area contributed by atoms with E-state index in [1.54, 1.807) is 0 Å². The number of rotatable bonds is 4. The fraction of sp³-hybridized carbons (Fsp3) is 0.857. The summed E-state index contributed by atoms with van der Waals surface area (Å²) in [6, 6.07) is 0. The summed E-state index contributed by atoms with van der Waals surface area (Å²) in [7, 11) is -1.55. The molecular weight excluding hydrogens is 158 g/mol. The molecule has 0 radical (unpaired) electrons. The lowest BCUT2D eigenvalue weighted by atomic mass is 10.3. The molecule has 1 amide bonds. The van der Waals surface area contributed by atoms with Gasteiger partial charge < -0.3 is 9.74 Å². The Morgan fingerprint density at radius 2 is 1.82 bits per heavy atom. The Hall–Kier alpha value is -0.353. The highest BCUT2D eigenvalue weighted by molar-refractivity contribution is 6.69. The van der Waals surface area contributed by atoms with Crippen molar-refractivity contribution in [2.24, 2.45) is 0 Å². The summed E-state index contributed by atoms with van der Waals surface area (Å²) < 4.78 is 5.66. The predicted octanol–water partition coefficient (Wildman–Crippen LogP) is 1.32. The number of carbonyl (C=O) groups excluding carboxylic acids is 1. The maximum absolute atomic E-state index is 10.1. The molecule has 66 valence electrons. The first-order valence-electron chi connectivity index (χ1n) is 3.68. The summed E-state index contributed by atoms with van der Waals surface area (Å²) in [5.41, 5.74) is -0.522. The number of hydrogen-bond acceptors (Lipinski definition) is 2. The Kier molecular flexibility index (Phi) is 3.25. The van der Waals surface area contributed by atoms with Crippen LogP contribution in [0.15, 0.2) is 0 Å². The van der Waals surface area contributed by atoms with E-state index in [2.05, 4.69) is 25.0 Å². The van der Waals surface area contributed by atoms with Crippen molar-refractivity contribution in [3.63, 3.8) is 0 Å². The first kappa shape index (κ1) is 10.6. The standard InChI is InChI=1S/C7H17NO2Si/c1-7(2,8-6-9)10-11(3,4)5/h6H,1-5H3,(H,8,9). The van der Waals surface area contributed by atoms with Crippen LogP contribution in [0.25, 0.3) is 0 Å². The predicted molar refractivity (Wildman–Crippen MR) is 47.7 cm³/mol. The Labute approximate surface area is 69.3 Å². The summed E-state index contributed by atoms with van der Waals surface area (Å²) in [5, 5.41) is 2.61. The van der Waals surface area contributed by atoms with Crippen molar-refractivity contribution in [3.8, 4) is 0 Å². The van der Waals surface area contributed by atoms with Gasteiger partial charge in [0, 0.05) is 0 Å². The van der Waals surface area contributed by atoms with Crippen LogP contribution < -0.4 is 5.32 Å². The Morgan fingerprint density at radius 3 is 2.09 bits per heavy atom. The molecule has 0 rings (SSSR count). The number of carbonyl (C=O) groups is 1. The number of hydrogen-bond donors (Lipinski definition) is 1. The topological polar surface area (TPSA) is 38.3 Å². The smallest absolute Gasteiger partial charge is 0.209 e. The van der Waals surface area contributed by atoms with Crippen LogP contribution in [0.1, 0.15) is 13.8 Å². The fourth-order valence-electron chi connectivity index (χ4n) is 0.937. The third kappa shape index (κ3) is 6.06. The minimum absolute atomic E-state index is 0.522. The van der Waals surface area contributed by atoms with Gasteiger partial charge in [0.1, 0.15) is 5.72 Å². The maximum atomic E-state index is 10.1. The molecule has 0 aliphatic heterocycles.